The SMILES string of the molecule is COCCCCn1cc(C)c2ccc(CN(C(=O)[C@H]3CN(C(=O)OC(C)(C)C)CCO3)C3CC3)cc21. The molecule has 36 heavy (non-hydrogen) atoms. The lowest BCUT2D eigenvalue weighted by atomic mass is 10.1. The predicted octanol–water partition coefficient (Wildman–Crippen LogP) is 4.50. The molecule has 8 nitrogen and oxygen atoms in total. The van der Waals surface area contributed by atoms with E-state index >= 15 is 0 Å². The second-order valence-electron chi connectivity index (χ2n) is 11.0. The van der Waals surface area contributed by atoms with Gasteiger partial charge in [-0.15, -0.1) is 0 Å². The Labute approximate surface area is 214 Å². The fourth-order valence-electron chi connectivity index (χ4n) is 4.78. The van der Waals surface area contributed by atoms with E-state index in [-0.39, 0.29) is 18.5 Å². The number of hydrogen-bond acceptors (Lipinski definition) is 5. The summed E-state index contributed by atoms with van der Waals surface area (Å²) < 4.78 is 18.9. The predicted molar refractivity (Wildman–Crippen MR) is 139 cm³/mol. The minimum Gasteiger partial charge on any atom is -0.444 e. The number of ether oxygens (including phenoxy) is 3. The number of aromatic nitrogens is 1. The summed E-state index contributed by atoms with van der Waals surface area (Å²) in [5.41, 5.74) is 3.00. The van der Waals surface area contributed by atoms with Crippen LogP contribution in [0.5, 0.6) is 0 Å². The smallest absolute Gasteiger partial charge is 0.410 e. The van der Waals surface area contributed by atoms with Crippen molar-refractivity contribution in [2.75, 3.05) is 33.4 Å². The van der Waals surface area contributed by atoms with Gasteiger partial charge in [-0.3, -0.25) is 4.79 Å². The van der Waals surface area contributed by atoms with Crippen molar-refractivity contribution >= 4 is 22.9 Å². The van der Waals surface area contributed by atoms with Crippen LogP contribution < -0.4 is 0 Å². The van der Waals surface area contributed by atoms with Gasteiger partial charge in [0.2, 0.25) is 0 Å². The molecule has 2 heterocycles. The van der Waals surface area contributed by atoms with Gasteiger partial charge in [-0.2, -0.15) is 0 Å². The third-order valence-corrected chi connectivity index (χ3v) is 6.76. The summed E-state index contributed by atoms with van der Waals surface area (Å²) in [5, 5.41) is 1.25. The Kier molecular flexibility index (Phi) is 8.25. The van der Waals surface area contributed by atoms with Crippen molar-refractivity contribution in [3.63, 3.8) is 0 Å². The molecule has 1 aromatic heterocycles. The molecule has 0 radical (unpaired) electrons. The minimum atomic E-state index is -0.664. The summed E-state index contributed by atoms with van der Waals surface area (Å²) in [6.45, 7) is 10.9. The van der Waals surface area contributed by atoms with Gasteiger partial charge in [0.05, 0.1) is 13.2 Å². The third kappa shape index (κ3) is 6.59. The van der Waals surface area contributed by atoms with Crippen LogP contribution in [0.2, 0.25) is 0 Å². The highest BCUT2D eigenvalue weighted by Gasteiger charge is 2.39. The van der Waals surface area contributed by atoms with Crippen molar-refractivity contribution in [1.82, 2.24) is 14.4 Å². The maximum absolute atomic E-state index is 13.6. The first-order chi connectivity index (χ1) is 17.2. The van der Waals surface area contributed by atoms with E-state index in [0.29, 0.717) is 19.7 Å². The van der Waals surface area contributed by atoms with Crippen molar-refractivity contribution in [2.45, 2.75) is 84.2 Å². The molecule has 0 N–H and O–H groups in total. The molecular formula is C28H41N3O5. The van der Waals surface area contributed by atoms with Crippen molar-refractivity contribution < 1.29 is 23.8 Å². The summed E-state index contributed by atoms with van der Waals surface area (Å²) in [4.78, 5) is 29.7. The summed E-state index contributed by atoms with van der Waals surface area (Å²) in [6, 6.07) is 6.75. The molecule has 198 valence electrons. The Bertz CT molecular complexity index is 1070. The van der Waals surface area contributed by atoms with Crippen LogP contribution in [0.15, 0.2) is 24.4 Å². The molecule has 0 spiro atoms. The van der Waals surface area contributed by atoms with E-state index < -0.39 is 17.8 Å². The number of fused-ring (bicyclic) bond motifs is 1. The fourth-order valence-corrected chi connectivity index (χ4v) is 4.78. The molecule has 4 rings (SSSR count). The Morgan fingerprint density at radius 1 is 1.19 bits per heavy atom. The lowest BCUT2D eigenvalue weighted by Gasteiger charge is -2.36. The molecule has 0 bridgehead atoms. The molecule has 0 unspecified atom stereocenters. The quantitative estimate of drug-likeness (QED) is 0.475. The highest BCUT2D eigenvalue weighted by atomic mass is 16.6. The molecule has 1 saturated carbocycles. The monoisotopic (exact) mass is 499 g/mol. The van der Waals surface area contributed by atoms with E-state index in [4.69, 9.17) is 14.2 Å². The number of methoxy groups -OCH3 is 1. The standard InChI is InChI=1S/C28H41N3O5/c1-20-17-29(12-6-7-14-34-5)24-16-21(8-11-23(20)24)18-31(22-9-10-22)26(32)25-19-30(13-15-35-25)27(33)36-28(2,3)4/h8,11,16-17,22,25H,6-7,9-10,12-15,18-19H2,1-5H3/t25-/m1/s1. The molecule has 2 amide bonds. The van der Waals surface area contributed by atoms with E-state index in [9.17, 15) is 9.59 Å². The molecule has 1 aliphatic heterocycles. The van der Waals surface area contributed by atoms with Crippen LogP contribution in [-0.4, -0.2) is 77.5 Å². The van der Waals surface area contributed by atoms with Crippen molar-refractivity contribution in [1.29, 1.82) is 0 Å². The van der Waals surface area contributed by atoms with Gasteiger partial charge in [0.25, 0.3) is 5.91 Å². The van der Waals surface area contributed by atoms with Crippen molar-refractivity contribution in [3.05, 3.63) is 35.5 Å². The van der Waals surface area contributed by atoms with Crippen LogP contribution in [0.4, 0.5) is 4.79 Å². The zero-order valence-electron chi connectivity index (χ0n) is 22.4. The molecule has 1 aliphatic carbocycles. The molecule has 2 aromatic rings. The van der Waals surface area contributed by atoms with Crippen molar-refractivity contribution in [2.24, 2.45) is 0 Å². The topological polar surface area (TPSA) is 73.2 Å². The average molecular weight is 500 g/mol. The lowest BCUT2D eigenvalue weighted by molar-refractivity contribution is -0.150. The maximum Gasteiger partial charge on any atom is 0.410 e. The van der Waals surface area contributed by atoms with Gasteiger partial charge in [-0.1, -0.05) is 12.1 Å². The van der Waals surface area contributed by atoms with Crippen LogP contribution >= 0.6 is 0 Å². The summed E-state index contributed by atoms with van der Waals surface area (Å²) >= 11 is 0. The Morgan fingerprint density at radius 3 is 2.67 bits per heavy atom. The van der Waals surface area contributed by atoms with Gasteiger partial charge in [0.1, 0.15) is 5.60 Å². The number of aryl methyl sites for hydroxylation is 2. The average Bonchev–Trinajstić information content (AvgIpc) is 3.63. The number of hydrogen-bond donors (Lipinski definition) is 0. The number of rotatable bonds is 9. The number of nitrogens with zero attached hydrogens (tertiary/aromatic N) is 3. The summed E-state index contributed by atoms with van der Waals surface area (Å²) in [5.74, 6) is -0.0445. The van der Waals surface area contributed by atoms with E-state index in [2.05, 4.69) is 35.9 Å². The minimum absolute atomic E-state index is 0.0445. The first kappa shape index (κ1) is 26.5. The van der Waals surface area contributed by atoms with E-state index in [1.54, 1.807) is 12.0 Å². The zero-order chi connectivity index (χ0) is 25.9. The van der Waals surface area contributed by atoms with Crippen LogP contribution in [0.25, 0.3) is 10.9 Å². The Hall–Kier alpha value is -2.58. The normalized spacial score (nSPS) is 18.5. The zero-order valence-corrected chi connectivity index (χ0v) is 22.4. The summed E-state index contributed by atoms with van der Waals surface area (Å²) in [7, 11) is 1.74. The van der Waals surface area contributed by atoms with Gasteiger partial charge in [0, 0.05) is 56.5 Å². The Balaban J connectivity index is 1.46. The number of amides is 2. The van der Waals surface area contributed by atoms with E-state index in [0.717, 1.165) is 44.4 Å². The van der Waals surface area contributed by atoms with Crippen LogP contribution in [0.3, 0.4) is 0 Å². The number of carbonyl (C=O) groups is 2. The van der Waals surface area contributed by atoms with Gasteiger partial charge < -0.3 is 28.6 Å². The molecule has 2 aliphatic rings. The van der Waals surface area contributed by atoms with Gasteiger partial charge in [-0.25, -0.2) is 4.79 Å². The Morgan fingerprint density at radius 2 is 1.97 bits per heavy atom. The van der Waals surface area contributed by atoms with Crippen LogP contribution in [-0.2, 0) is 32.1 Å². The molecule has 1 aromatic carbocycles. The molecular weight excluding hydrogens is 458 g/mol. The highest BCUT2D eigenvalue weighted by Crippen LogP contribution is 2.31. The fraction of sp³-hybridized carbons (Fsp3) is 0.643. The molecule has 2 fully saturated rings. The van der Waals surface area contributed by atoms with Crippen LogP contribution in [0, 0.1) is 6.92 Å². The third-order valence-electron chi connectivity index (χ3n) is 6.76. The molecule has 1 saturated heterocycles. The summed E-state index contributed by atoms with van der Waals surface area (Å²) in [6.07, 6.45) is 5.25. The molecule has 1 atom stereocenters. The number of benzene rings is 1. The van der Waals surface area contributed by atoms with Gasteiger partial charge >= 0.3 is 6.09 Å². The van der Waals surface area contributed by atoms with Crippen LogP contribution in [0.1, 0.15) is 57.6 Å². The molecule has 8 heteroatoms. The van der Waals surface area contributed by atoms with Gasteiger partial charge in [0.15, 0.2) is 6.10 Å². The van der Waals surface area contributed by atoms with E-state index in [1.807, 2.05) is 25.7 Å². The number of morpholine rings is 1. The highest BCUT2D eigenvalue weighted by molar-refractivity contribution is 5.85. The maximum atomic E-state index is 13.6. The van der Waals surface area contributed by atoms with E-state index in [1.165, 1.54) is 16.5 Å². The van der Waals surface area contributed by atoms with Gasteiger partial charge in [-0.05, 0) is 70.6 Å². The first-order valence-corrected chi connectivity index (χ1v) is 13.1. The van der Waals surface area contributed by atoms with Crippen molar-refractivity contribution in [3.8, 4) is 0 Å². The number of unbranched alkanes of at least 4 members (excludes halogenated alkanes) is 1. The second kappa shape index (κ2) is 11.2. The largest absolute Gasteiger partial charge is 0.444 e. The number of carbonyl (C=O) groups excluding carboxylic acids is 2. The second-order valence-corrected chi connectivity index (χ2v) is 11.0. The lowest BCUT2D eigenvalue weighted by Crippen LogP contribution is -2.53. The first-order valence-electron chi connectivity index (χ1n) is 13.1.